The number of halogens is 1. The highest BCUT2D eigenvalue weighted by atomic mass is 35.5. The van der Waals surface area contributed by atoms with E-state index in [0.29, 0.717) is 11.4 Å². The van der Waals surface area contributed by atoms with E-state index in [4.69, 9.17) is 11.6 Å². The molecule has 2 aliphatic rings. The number of carbonyl (C=O) groups is 1. The van der Waals surface area contributed by atoms with Gasteiger partial charge in [0.05, 0.1) is 0 Å². The Morgan fingerprint density at radius 3 is 2.89 bits per heavy atom. The van der Waals surface area contributed by atoms with Crippen LogP contribution < -0.4 is 0 Å². The Bertz CT molecular complexity index is 638. The van der Waals surface area contributed by atoms with E-state index in [0.717, 1.165) is 28.8 Å². The minimum absolute atomic E-state index is 0.152. The van der Waals surface area contributed by atoms with Crippen molar-refractivity contribution in [2.45, 2.75) is 19.8 Å². The van der Waals surface area contributed by atoms with Crippen LogP contribution in [0, 0.1) is 0 Å². The van der Waals surface area contributed by atoms with Crippen LogP contribution in [0.1, 0.15) is 24.5 Å². The molecule has 0 unspecified atom stereocenters. The standard InChI is InChI=1S/C15H12ClNO/c1-9-4-12(17-8-9)7-14-13-6-11(16)3-2-10(13)5-15(14)18/h2-3,6-8H,4-5H2,1H3/b14-7-. The number of nitrogens with zero attached hydrogens (tertiary/aromatic N) is 1. The second-order valence-corrected chi connectivity index (χ2v) is 5.17. The number of fused-ring (bicyclic) bond motifs is 1. The number of allylic oxidation sites excluding steroid dienone is 3. The third-order valence-corrected chi connectivity index (χ3v) is 3.47. The fourth-order valence-corrected chi connectivity index (χ4v) is 2.53. The predicted octanol–water partition coefficient (Wildman–Crippen LogP) is 3.60. The van der Waals surface area contributed by atoms with Crippen LogP contribution in [0.4, 0.5) is 0 Å². The smallest absolute Gasteiger partial charge is 0.167 e. The molecule has 2 nitrogen and oxygen atoms in total. The quantitative estimate of drug-likeness (QED) is 0.707. The van der Waals surface area contributed by atoms with Crippen molar-refractivity contribution in [3.05, 3.63) is 52.2 Å². The van der Waals surface area contributed by atoms with Gasteiger partial charge in [0, 0.05) is 35.3 Å². The number of aliphatic imine (C=N–C) groups is 1. The first-order valence-corrected chi connectivity index (χ1v) is 6.27. The van der Waals surface area contributed by atoms with Crippen molar-refractivity contribution >= 4 is 28.7 Å². The summed E-state index contributed by atoms with van der Waals surface area (Å²) in [7, 11) is 0. The Kier molecular flexibility index (Phi) is 2.67. The van der Waals surface area contributed by atoms with Crippen LogP contribution >= 0.6 is 11.6 Å². The lowest BCUT2D eigenvalue weighted by Crippen LogP contribution is -1.98. The van der Waals surface area contributed by atoms with Crippen LogP contribution in [-0.4, -0.2) is 11.5 Å². The molecule has 0 bridgehead atoms. The largest absolute Gasteiger partial charge is 0.294 e. The third-order valence-electron chi connectivity index (χ3n) is 3.24. The summed E-state index contributed by atoms with van der Waals surface area (Å²) in [6.07, 6.45) is 5.05. The van der Waals surface area contributed by atoms with Crippen molar-refractivity contribution in [3.63, 3.8) is 0 Å². The molecule has 0 saturated heterocycles. The molecule has 18 heavy (non-hydrogen) atoms. The van der Waals surface area contributed by atoms with Gasteiger partial charge in [-0.15, -0.1) is 0 Å². The summed E-state index contributed by atoms with van der Waals surface area (Å²) in [4.78, 5) is 16.3. The predicted molar refractivity (Wildman–Crippen MR) is 73.9 cm³/mol. The highest BCUT2D eigenvalue weighted by Crippen LogP contribution is 2.32. The number of ketones is 1. The van der Waals surface area contributed by atoms with E-state index in [1.807, 2.05) is 37.4 Å². The van der Waals surface area contributed by atoms with Gasteiger partial charge in [0.1, 0.15) is 0 Å². The Hall–Kier alpha value is -1.67. The molecule has 1 aliphatic heterocycles. The molecule has 0 amide bonds. The Morgan fingerprint density at radius 2 is 2.17 bits per heavy atom. The number of hydrogen-bond acceptors (Lipinski definition) is 2. The molecule has 1 aromatic carbocycles. The maximum absolute atomic E-state index is 12.0. The van der Waals surface area contributed by atoms with Gasteiger partial charge < -0.3 is 0 Å². The van der Waals surface area contributed by atoms with E-state index < -0.39 is 0 Å². The topological polar surface area (TPSA) is 29.4 Å². The minimum Gasteiger partial charge on any atom is -0.294 e. The van der Waals surface area contributed by atoms with Crippen molar-refractivity contribution in [3.8, 4) is 0 Å². The summed E-state index contributed by atoms with van der Waals surface area (Å²) < 4.78 is 0. The lowest BCUT2D eigenvalue weighted by atomic mass is 10.0. The first kappa shape index (κ1) is 11.4. The molecule has 0 saturated carbocycles. The zero-order chi connectivity index (χ0) is 12.7. The molecule has 0 aromatic heterocycles. The van der Waals surface area contributed by atoms with Gasteiger partial charge in [0.25, 0.3) is 0 Å². The highest BCUT2D eigenvalue weighted by molar-refractivity contribution is 6.33. The van der Waals surface area contributed by atoms with E-state index in [2.05, 4.69) is 4.99 Å². The van der Waals surface area contributed by atoms with Gasteiger partial charge in [-0.2, -0.15) is 0 Å². The average molecular weight is 258 g/mol. The second-order valence-electron chi connectivity index (χ2n) is 4.73. The van der Waals surface area contributed by atoms with Crippen molar-refractivity contribution in [2.24, 2.45) is 4.99 Å². The van der Waals surface area contributed by atoms with E-state index in [1.54, 1.807) is 0 Å². The molecule has 1 heterocycles. The average Bonchev–Trinajstić information content (AvgIpc) is 2.86. The summed E-state index contributed by atoms with van der Waals surface area (Å²) >= 11 is 6.00. The second kappa shape index (κ2) is 4.21. The normalized spacial score (nSPS) is 20.1. The molecule has 90 valence electrons. The number of benzene rings is 1. The molecule has 0 spiro atoms. The molecule has 3 heteroatoms. The number of Topliss-reactive ketones (excluding diaryl/α,β-unsaturated/α-hetero) is 1. The van der Waals surface area contributed by atoms with Crippen LogP contribution in [-0.2, 0) is 11.2 Å². The van der Waals surface area contributed by atoms with Crippen molar-refractivity contribution in [1.29, 1.82) is 0 Å². The fourth-order valence-electron chi connectivity index (χ4n) is 2.36. The van der Waals surface area contributed by atoms with Crippen LogP contribution in [0.3, 0.4) is 0 Å². The van der Waals surface area contributed by atoms with Gasteiger partial charge in [0.2, 0.25) is 0 Å². The number of hydrogen-bond donors (Lipinski definition) is 0. The molecular weight excluding hydrogens is 246 g/mol. The molecule has 1 aromatic rings. The lowest BCUT2D eigenvalue weighted by molar-refractivity contribution is -0.112. The van der Waals surface area contributed by atoms with Gasteiger partial charge >= 0.3 is 0 Å². The summed E-state index contributed by atoms with van der Waals surface area (Å²) in [5.74, 6) is 0.152. The first-order valence-electron chi connectivity index (χ1n) is 5.89. The molecule has 3 rings (SSSR count). The maximum atomic E-state index is 12.0. The molecule has 0 fully saturated rings. The fraction of sp³-hybridized carbons (Fsp3) is 0.200. The summed E-state index contributed by atoms with van der Waals surface area (Å²) in [5, 5.41) is 0.664. The monoisotopic (exact) mass is 257 g/mol. The van der Waals surface area contributed by atoms with Gasteiger partial charge in [-0.05, 0) is 41.8 Å². The number of carbonyl (C=O) groups excluding carboxylic acids is 1. The van der Waals surface area contributed by atoms with Crippen molar-refractivity contribution in [2.75, 3.05) is 0 Å². The van der Waals surface area contributed by atoms with Gasteiger partial charge in [-0.1, -0.05) is 17.7 Å². The van der Waals surface area contributed by atoms with Crippen molar-refractivity contribution < 1.29 is 4.79 Å². The Balaban J connectivity index is 2.02. The zero-order valence-corrected chi connectivity index (χ0v) is 10.8. The SMILES string of the molecule is CC1=CN=C(/C=C2\C(=O)Cc3ccc(Cl)cc32)C1. The third kappa shape index (κ3) is 1.93. The van der Waals surface area contributed by atoms with E-state index in [1.165, 1.54) is 5.57 Å². The van der Waals surface area contributed by atoms with Gasteiger partial charge in [-0.25, -0.2) is 0 Å². The van der Waals surface area contributed by atoms with Crippen LogP contribution in [0.2, 0.25) is 5.02 Å². The maximum Gasteiger partial charge on any atom is 0.167 e. The van der Waals surface area contributed by atoms with Gasteiger partial charge in [-0.3, -0.25) is 9.79 Å². The van der Waals surface area contributed by atoms with Crippen LogP contribution in [0.5, 0.6) is 0 Å². The molecule has 0 radical (unpaired) electrons. The Morgan fingerprint density at radius 1 is 1.33 bits per heavy atom. The zero-order valence-electron chi connectivity index (χ0n) is 10.0. The summed E-state index contributed by atoms with van der Waals surface area (Å²) in [6.45, 7) is 2.04. The lowest BCUT2D eigenvalue weighted by Gasteiger charge is -2.01. The first-order chi connectivity index (χ1) is 8.63. The molecule has 0 N–H and O–H groups in total. The summed E-state index contributed by atoms with van der Waals surface area (Å²) in [5.41, 5.74) is 4.93. The highest BCUT2D eigenvalue weighted by Gasteiger charge is 2.25. The van der Waals surface area contributed by atoms with E-state index in [-0.39, 0.29) is 5.78 Å². The molecular formula is C15H12ClNO. The minimum atomic E-state index is 0.152. The summed E-state index contributed by atoms with van der Waals surface area (Å²) in [6, 6.07) is 5.62. The Labute approximate surface area is 111 Å². The molecule has 1 aliphatic carbocycles. The molecule has 0 atom stereocenters. The van der Waals surface area contributed by atoms with E-state index >= 15 is 0 Å². The van der Waals surface area contributed by atoms with Crippen LogP contribution in [0.25, 0.3) is 5.57 Å². The number of rotatable bonds is 1. The van der Waals surface area contributed by atoms with Crippen molar-refractivity contribution in [1.82, 2.24) is 0 Å². The van der Waals surface area contributed by atoms with E-state index in [9.17, 15) is 4.79 Å². The van der Waals surface area contributed by atoms with Crippen LogP contribution in [0.15, 0.2) is 41.0 Å². The van der Waals surface area contributed by atoms with Gasteiger partial charge in [0.15, 0.2) is 5.78 Å².